The maximum Gasteiger partial charge on any atom is 0.256 e. The molecule has 5 heteroatoms. The van der Waals surface area contributed by atoms with Crippen molar-refractivity contribution in [3.05, 3.63) is 113 Å². The number of carbonyl (C=O) groups is 1. The second kappa shape index (κ2) is 17.8. The van der Waals surface area contributed by atoms with Crippen LogP contribution in [0.15, 0.2) is 102 Å². The minimum absolute atomic E-state index is 0.0315. The average Bonchev–Trinajstić information content (AvgIpc) is 2.98. The molecule has 3 aromatic rings. The van der Waals surface area contributed by atoms with Gasteiger partial charge in [0.2, 0.25) is 0 Å². The fourth-order valence-electron chi connectivity index (χ4n) is 3.94. The number of benzene rings is 3. The van der Waals surface area contributed by atoms with Crippen LogP contribution in [0.5, 0.6) is 5.75 Å². The zero-order valence-corrected chi connectivity index (χ0v) is 25.2. The number of hydrogen-bond donors (Lipinski definition) is 4. The fraction of sp³-hybridized carbons (Fsp3) is 0.286. The van der Waals surface area contributed by atoms with E-state index in [4.69, 9.17) is 0 Å². The van der Waals surface area contributed by atoms with Gasteiger partial charge >= 0.3 is 0 Å². The van der Waals surface area contributed by atoms with Gasteiger partial charge in [-0.05, 0) is 66.1 Å². The van der Waals surface area contributed by atoms with Crippen LogP contribution in [-0.2, 0) is 0 Å². The lowest BCUT2D eigenvalue weighted by Crippen LogP contribution is -2.14. The Morgan fingerprint density at radius 3 is 2.23 bits per heavy atom. The summed E-state index contributed by atoms with van der Waals surface area (Å²) >= 11 is 4.23. The van der Waals surface area contributed by atoms with Crippen molar-refractivity contribution in [1.82, 2.24) is 5.32 Å². The monoisotopic (exact) mass is 556 g/mol. The number of amides is 1. The third kappa shape index (κ3) is 10.1. The van der Waals surface area contributed by atoms with Gasteiger partial charge in [-0.25, -0.2) is 0 Å². The van der Waals surface area contributed by atoms with E-state index in [2.05, 4.69) is 57.5 Å². The molecule has 0 heterocycles. The molecule has 0 saturated carbocycles. The number of anilines is 1. The molecule has 212 valence electrons. The Morgan fingerprint density at radius 1 is 0.925 bits per heavy atom. The number of thiol groups is 1. The van der Waals surface area contributed by atoms with E-state index in [9.17, 15) is 9.90 Å². The van der Waals surface area contributed by atoms with E-state index in [1.165, 1.54) is 31.3 Å². The Hall–Kier alpha value is -3.70. The van der Waals surface area contributed by atoms with E-state index in [0.29, 0.717) is 16.9 Å². The first-order valence-corrected chi connectivity index (χ1v) is 14.6. The predicted molar refractivity (Wildman–Crippen MR) is 176 cm³/mol. The van der Waals surface area contributed by atoms with E-state index < -0.39 is 0 Å². The lowest BCUT2D eigenvalue weighted by Gasteiger charge is -2.16. The maximum atomic E-state index is 13.1. The molecule has 0 unspecified atom stereocenters. The van der Waals surface area contributed by atoms with Crippen molar-refractivity contribution >= 4 is 29.9 Å². The molecule has 1 amide bonds. The number of allylic oxidation sites excluding steroid dienone is 2. The third-order valence-electron chi connectivity index (χ3n) is 6.49. The Balaban J connectivity index is 0.00000131. The van der Waals surface area contributed by atoms with Gasteiger partial charge in [0.1, 0.15) is 5.75 Å². The highest BCUT2D eigenvalue weighted by Crippen LogP contribution is 2.29. The largest absolute Gasteiger partial charge is 0.506 e. The first-order chi connectivity index (χ1) is 19.4. The summed E-state index contributed by atoms with van der Waals surface area (Å²) in [6, 6.07) is 22.3. The molecule has 0 aromatic heterocycles. The minimum Gasteiger partial charge on any atom is -0.506 e. The molecule has 0 aliphatic carbocycles. The quantitative estimate of drug-likeness (QED) is 0.0777. The number of hydrogen-bond acceptors (Lipinski definition) is 4. The molecule has 3 rings (SSSR count). The second-order valence-electron chi connectivity index (χ2n) is 9.67. The highest BCUT2D eigenvalue weighted by molar-refractivity contribution is 7.83. The molecule has 0 saturated heterocycles. The molecule has 40 heavy (non-hydrogen) atoms. The standard InChI is InChI=1S/C31H34N2O2S.C4H10/c1-4-5-7-12-22(2)28(19-20-36)32-23(3)25-17-18-29(30(34)21-25)33-31(35)27-16-11-10-15-26(27)24-13-8-6-9-14-24;1-3-4-2/h6,8-11,13-21,32,34,36H,3-5,7,12H2,1-2H3,(H,33,35);3-4H2,1-2H3/b20-19-,28-22-;. The van der Waals surface area contributed by atoms with E-state index in [1.807, 2.05) is 60.7 Å². The van der Waals surface area contributed by atoms with Gasteiger partial charge < -0.3 is 15.7 Å². The van der Waals surface area contributed by atoms with Gasteiger partial charge in [-0.1, -0.05) is 108 Å². The topological polar surface area (TPSA) is 61.4 Å². The molecule has 4 nitrogen and oxygen atoms in total. The SMILES string of the molecule is C=C(NC(/C=C\S)=C(/C)CCCCC)c1ccc(NC(=O)c2ccccc2-c2ccccc2)c(O)c1.CCCC. The van der Waals surface area contributed by atoms with Crippen LogP contribution in [0, 0.1) is 0 Å². The van der Waals surface area contributed by atoms with Crippen molar-refractivity contribution in [1.29, 1.82) is 0 Å². The molecule has 0 radical (unpaired) electrons. The first kappa shape index (κ1) is 32.5. The summed E-state index contributed by atoms with van der Waals surface area (Å²) in [6.45, 7) is 12.8. The summed E-state index contributed by atoms with van der Waals surface area (Å²) in [5, 5.41) is 18.6. The maximum absolute atomic E-state index is 13.1. The van der Waals surface area contributed by atoms with Crippen molar-refractivity contribution in [2.45, 2.75) is 66.2 Å². The van der Waals surface area contributed by atoms with E-state index in [-0.39, 0.29) is 11.7 Å². The number of phenolic OH excluding ortho intramolecular Hbond substituents is 1. The van der Waals surface area contributed by atoms with Crippen molar-refractivity contribution < 1.29 is 9.90 Å². The van der Waals surface area contributed by atoms with Crippen molar-refractivity contribution in [3.8, 4) is 16.9 Å². The van der Waals surface area contributed by atoms with E-state index >= 15 is 0 Å². The Labute approximate surface area is 246 Å². The molecule has 0 spiro atoms. The van der Waals surface area contributed by atoms with Crippen LogP contribution in [-0.4, -0.2) is 11.0 Å². The number of phenols is 1. The molecule has 0 bridgehead atoms. The Bertz CT molecular complexity index is 1290. The van der Waals surface area contributed by atoms with Crippen LogP contribution in [0.2, 0.25) is 0 Å². The van der Waals surface area contributed by atoms with Crippen LogP contribution in [0.4, 0.5) is 5.69 Å². The van der Waals surface area contributed by atoms with Crippen LogP contribution in [0.3, 0.4) is 0 Å². The zero-order valence-electron chi connectivity index (χ0n) is 24.3. The molecule has 0 atom stereocenters. The van der Waals surface area contributed by atoms with Gasteiger partial charge in [0.25, 0.3) is 5.91 Å². The zero-order chi connectivity index (χ0) is 29.3. The Kier molecular flexibility index (Phi) is 14.5. The lowest BCUT2D eigenvalue weighted by atomic mass is 9.99. The molecule has 3 aromatic carbocycles. The van der Waals surface area contributed by atoms with Crippen LogP contribution in [0.1, 0.15) is 82.1 Å². The number of carbonyl (C=O) groups excluding carboxylic acids is 1. The van der Waals surface area contributed by atoms with Gasteiger partial charge in [-0.2, -0.15) is 12.6 Å². The van der Waals surface area contributed by atoms with Crippen molar-refractivity contribution in [2.75, 3.05) is 5.32 Å². The number of rotatable bonds is 12. The van der Waals surface area contributed by atoms with Crippen LogP contribution >= 0.6 is 12.6 Å². The number of unbranched alkanes of at least 4 members (excludes halogenated alkanes) is 3. The Morgan fingerprint density at radius 2 is 1.60 bits per heavy atom. The molecular formula is C35H44N2O2S. The number of aromatic hydroxyl groups is 1. The average molecular weight is 557 g/mol. The second-order valence-corrected chi connectivity index (χ2v) is 9.97. The summed E-state index contributed by atoms with van der Waals surface area (Å²) in [5.41, 5.74) is 6.19. The lowest BCUT2D eigenvalue weighted by molar-refractivity contribution is 0.102. The summed E-state index contributed by atoms with van der Waals surface area (Å²) < 4.78 is 0. The van der Waals surface area contributed by atoms with Crippen molar-refractivity contribution in [3.63, 3.8) is 0 Å². The van der Waals surface area contributed by atoms with Gasteiger partial charge in [0.05, 0.1) is 5.69 Å². The molecule has 3 N–H and O–H groups in total. The van der Waals surface area contributed by atoms with Gasteiger partial charge in [0.15, 0.2) is 0 Å². The molecule has 0 aliphatic rings. The van der Waals surface area contributed by atoms with E-state index in [1.54, 1.807) is 23.6 Å². The van der Waals surface area contributed by atoms with Gasteiger partial charge in [-0.15, -0.1) is 0 Å². The minimum atomic E-state index is -0.290. The normalized spacial score (nSPS) is 11.3. The summed E-state index contributed by atoms with van der Waals surface area (Å²) in [7, 11) is 0. The predicted octanol–water partition coefficient (Wildman–Crippen LogP) is 9.98. The third-order valence-corrected chi connectivity index (χ3v) is 6.64. The molecule has 0 aliphatic heterocycles. The summed E-state index contributed by atoms with van der Waals surface area (Å²) in [6.07, 6.45) is 9.03. The molecular weight excluding hydrogens is 512 g/mol. The van der Waals surface area contributed by atoms with Gasteiger partial charge in [0, 0.05) is 22.5 Å². The van der Waals surface area contributed by atoms with E-state index in [0.717, 1.165) is 35.2 Å². The van der Waals surface area contributed by atoms with Gasteiger partial charge in [-0.3, -0.25) is 4.79 Å². The highest BCUT2D eigenvalue weighted by atomic mass is 32.1. The summed E-state index contributed by atoms with van der Waals surface area (Å²) in [5.74, 6) is -0.322. The smallest absolute Gasteiger partial charge is 0.256 e. The molecule has 0 fully saturated rings. The van der Waals surface area contributed by atoms with Crippen LogP contribution in [0.25, 0.3) is 16.8 Å². The fourth-order valence-corrected chi connectivity index (χ4v) is 4.09. The first-order valence-electron chi connectivity index (χ1n) is 14.1. The summed E-state index contributed by atoms with van der Waals surface area (Å²) in [4.78, 5) is 13.1. The number of nitrogens with one attached hydrogen (secondary N) is 2. The highest BCUT2D eigenvalue weighted by Gasteiger charge is 2.15. The van der Waals surface area contributed by atoms with Crippen LogP contribution < -0.4 is 10.6 Å². The van der Waals surface area contributed by atoms with Crippen molar-refractivity contribution in [2.24, 2.45) is 0 Å².